The van der Waals surface area contributed by atoms with Gasteiger partial charge in [-0.3, -0.25) is 4.79 Å². The van der Waals surface area contributed by atoms with Gasteiger partial charge in [-0.05, 0) is 42.5 Å². The molecule has 0 aliphatic carbocycles. The highest BCUT2D eigenvalue weighted by Crippen LogP contribution is 2.20. The predicted octanol–water partition coefficient (Wildman–Crippen LogP) is 2.36. The number of rotatable bonds is 3. The minimum Gasteiger partial charge on any atom is -0.336 e. The number of piperazine rings is 1. The molecule has 1 aliphatic heterocycles. The van der Waals surface area contributed by atoms with E-state index in [1.165, 1.54) is 28.6 Å². The number of carbonyl (C=O) groups is 1. The van der Waals surface area contributed by atoms with Crippen molar-refractivity contribution in [1.82, 2.24) is 9.21 Å². The van der Waals surface area contributed by atoms with Gasteiger partial charge in [0.15, 0.2) is 0 Å². The highest BCUT2D eigenvalue weighted by atomic mass is 35.5. The van der Waals surface area contributed by atoms with Crippen LogP contribution in [0.5, 0.6) is 0 Å². The molecule has 0 bridgehead atoms. The zero-order chi connectivity index (χ0) is 18.7. The average Bonchev–Trinajstić information content (AvgIpc) is 2.68. The van der Waals surface area contributed by atoms with Gasteiger partial charge in [0.25, 0.3) is 5.91 Å². The number of nitriles is 1. The van der Waals surface area contributed by atoms with E-state index in [9.17, 15) is 13.2 Å². The molecule has 0 aromatic heterocycles. The first kappa shape index (κ1) is 18.4. The van der Waals surface area contributed by atoms with Crippen molar-refractivity contribution >= 4 is 27.5 Å². The van der Waals surface area contributed by atoms with Gasteiger partial charge in [0, 0.05) is 36.8 Å². The van der Waals surface area contributed by atoms with E-state index >= 15 is 0 Å². The Kier molecular flexibility index (Phi) is 5.28. The van der Waals surface area contributed by atoms with Crippen LogP contribution in [0, 0.1) is 11.3 Å². The maximum absolute atomic E-state index is 12.7. The lowest BCUT2D eigenvalue weighted by molar-refractivity contribution is 0.0698. The first-order chi connectivity index (χ1) is 12.4. The van der Waals surface area contributed by atoms with Gasteiger partial charge in [0.05, 0.1) is 16.5 Å². The molecule has 8 heteroatoms. The molecule has 0 saturated carbocycles. The number of carbonyl (C=O) groups excluding carboxylic acids is 1. The van der Waals surface area contributed by atoms with Crippen molar-refractivity contribution in [3.63, 3.8) is 0 Å². The summed E-state index contributed by atoms with van der Waals surface area (Å²) in [4.78, 5) is 14.4. The van der Waals surface area contributed by atoms with Crippen molar-refractivity contribution < 1.29 is 13.2 Å². The monoisotopic (exact) mass is 389 g/mol. The molecule has 3 rings (SSSR count). The molecule has 0 N–H and O–H groups in total. The molecule has 6 nitrogen and oxygen atoms in total. The highest BCUT2D eigenvalue weighted by molar-refractivity contribution is 7.89. The molecule has 26 heavy (non-hydrogen) atoms. The molecule has 0 spiro atoms. The first-order valence-corrected chi connectivity index (χ1v) is 9.79. The van der Waals surface area contributed by atoms with E-state index in [-0.39, 0.29) is 23.9 Å². The fourth-order valence-corrected chi connectivity index (χ4v) is 4.34. The lowest BCUT2D eigenvalue weighted by atomic mass is 10.1. The van der Waals surface area contributed by atoms with Gasteiger partial charge in [0.2, 0.25) is 10.0 Å². The van der Waals surface area contributed by atoms with Gasteiger partial charge in [0.1, 0.15) is 0 Å². The van der Waals surface area contributed by atoms with Crippen LogP contribution in [-0.2, 0) is 10.0 Å². The van der Waals surface area contributed by atoms with Crippen LogP contribution in [0.15, 0.2) is 53.4 Å². The van der Waals surface area contributed by atoms with Crippen molar-refractivity contribution in [3.8, 4) is 6.07 Å². The number of hydrogen-bond acceptors (Lipinski definition) is 4. The van der Waals surface area contributed by atoms with Gasteiger partial charge >= 0.3 is 0 Å². The molecule has 134 valence electrons. The topological polar surface area (TPSA) is 81.5 Å². The van der Waals surface area contributed by atoms with Crippen LogP contribution in [0.4, 0.5) is 0 Å². The summed E-state index contributed by atoms with van der Waals surface area (Å²) in [7, 11) is -3.61. The summed E-state index contributed by atoms with van der Waals surface area (Å²) in [5, 5.41) is 9.42. The largest absolute Gasteiger partial charge is 0.336 e. The Morgan fingerprint density at radius 3 is 2.31 bits per heavy atom. The lowest BCUT2D eigenvalue weighted by Crippen LogP contribution is -2.50. The van der Waals surface area contributed by atoms with E-state index in [4.69, 9.17) is 16.9 Å². The van der Waals surface area contributed by atoms with E-state index in [0.29, 0.717) is 29.2 Å². The molecule has 0 radical (unpaired) electrons. The Bertz CT molecular complexity index is 960. The molecule has 1 saturated heterocycles. The van der Waals surface area contributed by atoms with E-state index in [0.717, 1.165) is 0 Å². The van der Waals surface area contributed by atoms with Crippen molar-refractivity contribution in [1.29, 1.82) is 5.26 Å². The van der Waals surface area contributed by atoms with Gasteiger partial charge < -0.3 is 4.90 Å². The number of halogens is 1. The second-order valence-electron chi connectivity index (χ2n) is 5.84. The Balaban J connectivity index is 1.69. The summed E-state index contributed by atoms with van der Waals surface area (Å²) >= 11 is 5.81. The standard InChI is InChI=1S/C18H16ClN3O3S/c19-16-4-6-17(7-5-16)26(24,25)22-10-8-21(9-11-22)18(23)15-3-1-2-14(12-15)13-20/h1-7,12H,8-11H2. The van der Waals surface area contributed by atoms with Crippen LogP contribution >= 0.6 is 11.6 Å². The zero-order valence-corrected chi connectivity index (χ0v) is 15.4. The third-order valence-electron chi connectivity index (χ3n) is 4.22. The molecule has 0 atom stereocenters. The molecule has 1 amide bonds. The van der Waals surface area contributed by atoms with Crippen LogP contribution in [0.2, 0.25) is 5.02 Å². The summed E-state index contributed by atoms with van der Waals surface area (Å²) < 4.78 is 26.7. The third-order valence-corrected chi connectivity index (χ3v) is 6.38. The van der Waals surface area contributed by atoms with Crippen LogP contribution < -0.4 is 0 Å². The smallest absolute Gasteiger partial charge is 0.253 e. The van der Waals surface area contributed by atoms with Gasteiger partial charge in [-0.15, -0.1) is 0 Å². The van der Waals surface area contributed by atoms with E-state index < -0.39 is 10.0 Å². The summed E-state index contributed by atoms with van der Waals surface area (Å²) in [5.74, 6) is -0.203. The summed E-state index contributed by atoms with van der Waals surface area (Å²) in [6.07, 6.45) is 0. The second kappa shape index (κ2) is 7.46. The first-order valence-electron chi connectivity index (χ1n) is 7.97. The molecule has 1 aliphatic rings. The minimum atomic E-state index is -3.61. The normalized spacial score (nSPS) is 15.5. The minimum absolute atomic E-state index is 0.184. The summed E-state index contributed by atoms with van der Waals surface area (Å²) in [6.45, 7) is 1.02. The van der Waals surface area contributed by atoms with Crippen LogP contribution in [-0.4, -0.2) is 49.7 Å². The zero-order valence-electron chi connectivity index (χ0n) is 13.8. The van der Waals surface area contributed by atoms with Gasteiger partial charge in [-0.25, -0.2) is 8.42 Å². The molecule has 2 aromatic rings. The third kappa shape index (κ3) is 3.73. The predicted molar refractivity (Wildman–Crippen MR) is 97.3 cm³/mol. The van der Waals surface area contributed by atoms with E-state index in [1.807, 2.05) is 6.07 Å². The molecule has 1 fully saturated rings. The van der Waals surface area contributed by atoms with Crippen molar-refractivity contribution in [3.05, 3.63) is 64.7 Å². The molecule has 0 unspecified atom stereocenters. The van der Waals surface area contributed by atoms with E-state index in [1.54, 1.807) is 29.2 Å². The van der Waals surface area contributed by atoms with Crippen LogP contribution in [0.1, 0.15) is 15.9 Å². The van der Waals surface area contributed by atoms with Crippen molar-refractivity contribution in [2.45, 2.75) is 4.90 Å². The molecular formula is C18H16ClN3O3S. The van der Waals surface area contributed by atoms with Crippen molar-refractivity contribution in [2.24, 2.45) is 0 Å². The highest BCUT2D eigenvalue weighted by Gasteiger charge is 2.30. The Labute approximate surface area is 157 Å². The molecular weight excluding hydrogens is 374 g/mol. The molecule has 2 aromatic carbocycles. The molecule has 1 heterocycles. The Morgan fingerprint density at radius 1 is 1.04 bits per heavy atom. The lowest BCUT2D eigenvalue weighted by Gasteiger charge is -2.34. The average molecular weight is 390 g/mol. The van der Waals surface area contributed by atoms with Gasteiger partial charge in [-0.1, -0.05) is 17.7 Å². The van der Waals surface area contributed by atoms with Crippen LogP contribution in [0.25, 0.3) is 0 Å². The number of amides is 1. The maximum atomic E-state index is 12.7. The SMILES string of the molecule is N#Cc1cccc(C(=O)N2CCN(S(=O)(=O)c3ccc(Cl)cc3)CC2)c1. The number of nitrogens with zero attached hydrogens (tertiary/aromatic N) is 3. The van der Waals surface area contributed by atoms with Crippen LogP contribution in [0.3, 0.4) is 0 Å². The van der Waals surface area contributed by atoms with Gasteiger partial charge in [-0.2, -0.15) is 9.57 Å². The fourth-order valence-electron chi connectivity index (χ4n) is 2.79. The Morgan fingerprint density at radius 2 is 1.69 bits per heavy atom. The summed E-state index contributed by atoms with van der Waals surface area (Å²) in [5.41, 5.74) is 0.845. The van der Waals surface area contributed by atoms with Crippen molar-refractivity contribution in [2.75, 3.05) is 26.2 Å². The summed E-state index contributed by atoms with van der Waals surface area (Å²) in [6, 6.07) is 14.5. The maximum Gasteiger partial charge on any atom is 0.253 e. The second-order valence-corrected chi connectivity index (χ2v) is 8.22. The number of sulfonamides is 1. The number of benzene rings is 2. The Hall–Kier alpha value is -2.40. The fraction of sp³-hybridized carbons (Fsp3) is 0.222. The quantitative estimate of drug-likeness (QED) is 0.806. The van der Waals surface area contributed by atoms with E-state index in [2.05, 4.69) is 0 Å². The number of hydrogen-bond donors (Lipinski definition) is 0.